The average molecular weight is 905 g/mol. The quantitative estimate of drug-likeness (QED) is 0.0308. The number of hydrogen-bond donors (Lipinski definition) is 5. The molecule has 0 aromatic heterocycles. The number of carbonyl (C=O) groups is 1. The summed E-state index contributed by atoms with van der Waals surface area (Å²) in [7, 11) is 0. The van der Waals surface area contributed by atoms with Gasteiger partial charge >= 0.3 is 0 Å². The molecule has 0 heterocycles. The number of unbranched alkanes of at least 4 members (excludes halogenated alkanes) is 40. The van der Waals surface area contributed by atoms with E-state index >= 15 is 0 Å². The molecule has 0 aromatic rings. The van der Waals surface area contributed by atoms with E-state index in [1.807, 2.05) is 0 Å². The first-order valence-electron chi connectivity index (χ1n) is 28.7. The molecule has 5 N–H and O–H groups in total. The van der Waals surface area contributed by atoms with Crippen molar-refractivity contribution in [1.29, 1.82) is 0 Å². The van der Waals surface area contributed by atoms with Crippen LogP contribution >= 0.6 is 0 Å². The molecule has 1 amide bonds. The maximum absolute atomic E-state index is 12.6. The van der Waals surface area contributed by atoms with Gasteiger partial charge in [-0.1, -0.05) is 269 Å². The van der Waals surface area contributed by atoms with Gasteiger partial charge in [0.15, 0.2) is 0 Å². The minimum absolute atomic E-state index is 0.363. The fourth-order valence-corrected chi connectivity index (χ4v) is 9.11. The summed E-state index contributed by atoms with van der Waals surface area (Å²) < 4.78 is 0. The molecule has 0 fully saturated rings. The molecule has 6 heteroatoms. The third kappa shape index (κ3) is 45.9. The van der Waals surface area contributed by atoms with Gasteiger partial charge in [-0.2, -0.15) is 0 Å². The van der Waals surface area contributed by atoms with E-state index in [-0.39, 0.29) is 0 Å². The predicted octanol–water partition coefficient (Wildman–Crippen LogP) is 16.6. The lowest BCUT2D eigenvalue weighted by molar-refractivity contribution is -0.132. The SMILES string of the molecule is CCCCCCCCCCCCCC/C=C\CCCCCCCCCCCCC(O)C(=O)NC(CO)C(O)C(O)CCC/C=C/CCCCCCCCCCCCCCCCCCC. The maximum atomic E-state index is 12.6. The van der Waals surface area contributed by atoms with Gasteiger partial charge in [0.25, 0.3) is 0 Å². The van der Waals surface area contributed by atoms with Crippen LogP contribution < -0.4 is 5.32 Å². The number of aliphatic hydroxyl groups is 4. The van der Waals surface area contributed by atoms with Crippen molar-refractivity contribution >= 4 is 5.91 Å². The van der Waals surface area contributed by atoms with Gasteiger partial charge in [0, 0.05) is 0 Å². The summed E-state index contributed by atoms with van der Waals surface area (Å²) in [5.41, 5.74) is 0. The predicted molar refractivity (Wildman–Crippen MR) is 279 cm³/mol. The molecule has 0 aromatic carbocycles. The van der Waals surface area contributed by atoms with E-state index in [4.69, 9.17) is 0 Å². The van der Waals surface area contributed by atoms with Crippen molar-refractivity contribution in [2.75, 3.05) is 6.61 Å². The highest BCUT2D eigenvalue weighted by Crippen LogP contribution is 2.17. The Bertz CT molecular complexity index is 970. The van der Waals surface area contributed by atoms with Crippen molar-refractivity contribution in [3.8, 4) is 0 Å². The van der Waals surface area contributed by atoms with Crippen LogP contribution in [-0.4, -0.2) is 57.3 Å². The van der Waals surface area contributed by atoms with Crippen molar-refractivity contribution in [1.82, 2.24) is 5.32 Å². The summed E-state index contributed by atoms with van der Waals surface area (Å²) >= 11 is 0. The first kappa shape index (κ1) is 62.8. The smallest absolute Gasteiger partial charge is 0.249 e. The van der Waals surface area contributed by atoms with E-state index in [2.05, 4.69) is 43.5 Å². The Morgan fingerprint density at radius 3 is 0.938 bits per heavy atom. The number of allylic oxidation sites excluding steroid dienone is 4. The Balaban J connectivity index is 3.64. The van der Waals surface area contributed by atoms with Gasteiger partial charge in [-0.15, -0.1) is 0 Å². The molecule has 0 radical (unpaired) electrons. The van der Waals surface area contributed by atoms with Crippen LogP contribution in [0.4, 0.5) is 0 Å². The minimum atomic E-state index is -1.28. The van der Waals surface area contributed by atoms with Crippen LogP contribution in [0.3, 0.4) is 0 Å². The lowest BCUT2D eigenvalue weighted by Crippen LogP contribution is -2.53. The second kappa shape index (κ2) is 52.8. The number of nitrogens with one attached hydrogen (secondary N) is 1. The zero-order valence-corrected chi connectivity index (χ0v) is 43.0. The van der Waals surface area contributed by atoms with Crippen molar-refractivity contribution in [2.45, 2.75) is 334 Å². The Hall–Kier alpha value is -1.21. The fraction of sp³-hybridized carbons (Fsp3) is 0.914. The number of hydrogen-bond acceptors (Lipinski definition) is 5. The van der Waals surface area contributed by atoms with Gasteiger partial charge < -0.3 is 25.7 Å². The van der Waals surface area contributed by atoms with E-state index in [0.29, 0.717) is 12.8 Å². The highest BCUT2D eigenvalue weighted by molar-refractivity contribution is 5.80. The van der Waals surface area contributed by atoms with E-state index in [9.17, 15) is 25.2 Å². The second-order valence-corrected chi connectivity index (χ2v) is 20.0. The van der Waals surface area contributed by atoms with Gasteiger partial charge in [-0.3, -0.25) is 4.79 Å². The van der Waals surface area contributed by atoms with Crippen LogP contribution in [0.1, 0.15) is 309 Å². The molecule has 0 bridgehead atoms. The van der Waals surface area contributed by atoms with Crippen LogP contribution in [0.25, 0.3) is 0 Å². The van der Waals surface area contributed by atoms with Crippen molar-refractivity contribution in [3.05, 3.63) is 24.3 Å². The Morgan fingerprint density at radius 1 is 0.375 bits per heavy atom. The van der Waals surface area contributed by atoms with Crippen LogP contribution in [0, 0.1) is 0 Å². The normalized spacial score (nSPS) is 13.9. The molecule has 6 nitrogen and oxygen atoms in total. The van der Waals surface area contributed by atoms with Crippen molar-refractivity contribution in [3.63, 3.8) is 0 Å². The molecular weight excluding hydrogens is 791 g/mol. The van der Waals surface area contributed by atoms with Gasteiger partial charge in [0.2, 0.25) is 5.91 Å². The van der Waals surface area contributed by atoms with Crippen LogP contribution in [-0.2, 0) is 4.79 Å². The van der Waals surface area contributed by atoms with Crippen LogP contribution in [0.5, 0.6) is 0 Å². The highest BCUT2D eigenvalue weighted by atomic mass is 16.3. The number of carbonyl (C=O) groups excluding carboxylic acids is 1. The number of aliphatic hydroxyl groups excluding tert-OH is 4. The molecule has 0 saturated carbocycles. The molecule has 0 aliphatic heterocycles. The molecule has 0 saturated heterocycles. The molecule has 4 atom stereocenters. The molecule has 64 heavy (non-hydrogen) atoms. The Kier molecular flexibility index (Phi) is 51.8. The lowest BCUT2D eigenvalue weighted by atomic mass is 10.00. The minimum Gasteiger partial charge on any atom is -0.394 e. The standard InChI is InChI=1S/C58H113NO5/c1-3-5-7-9-11-13-15-17-19-21-23-25-27-28-29-30-32-34-36-38-40-42-44-46-48-50-52-56(62)58(64)59-54(53-60)57(63)55(61)51-49-47-45-43-41-39-37-35-33-31-26-24-22-20-18-16-14-12-10-8-6-4-2/h28-29,43,45,54-57,60-63H,3-27,30-42,44,46-53H2,1-2H3,(H,59,64)/b29-28-,45-43+. The zero-order valence-electron chi connectivity index (χ0n) is 43.0. The average Bonchev–Trinajstić information content (AvgIpc) is 3.30. The summed E-state index contributed by atoms with van der Waals surface area (Å²) in [6, 6.07) is -1.00. The lowest BCUT2D eigenvalue weighted by Gasteiger charge is -2.27. The van der Waals surface area contributed by atoms with Crippen LogP contribution in [0.2, 0.25) is 0 Å². The van der Waals surface area contributed by atoms with Gasteiger partial charge in [0.05, 0.1) is 18.8 Å². The monoisotopic (exact) mass is 904 g/mol. The summed E-state index contributed by atoms with van der Waals surface area (Å²) in [5, 5.41) is 44.0. The summed E-state index contributed by atoms with van der Waals surface area (Å²) in [6.07, 6.45) is 63.9. The fourth-order valence-electron chi connectivity index (χ4n) is 9.11. The number of amides is 1. The Morgan fingerprint density at radius 2 is 0.641 bits per heavy atom. The van der Waals surface area contributed by atoms with Gasteiger partial charge in [-0.05, 0) is 64.2 Å². The van der Waals surface area contributed by atoms with E-state index in [1.165, 1.54) is 244 Å². The molecule has 0 spiro atoms. The third-order valence-corrected chi connectivity index (χ3v) is 13.6. The second-order valence-electron chi connectivity index (χ2n) is 20.0. The third-order valence-electron chi connectivity index (χ3n) is 13.6. The Labute approximate surface area is 399 Å². The first-order valence-corrected chi connectivity index (χ1v) is 28.7. The first-order chi connectivity index (χ1) is 31.5. The maximum Gasteiger partial charge on any atom is 0.249 e. The van der Waals surface area contributed by atoms with E-state index < -0.39 is 36.9 Å². The zero-order chi connectivity index (χ0) is 46.7. The summed E-state index contributed by atoms with van der Waals surface area (Å²) in [4.78, 5) is 12.6. The topological polar surface area (TPSA) is 110 Å². The molecular formula is C58H113NO5. The van der Waals surface area contributed by atoms with Crippen LogP contribution in [0.15, 0.2) is 24.3 Å². The molecule has 380 valence electrons. The molecule has 0 aliphatic carbocycles. The van der Waals surface area contributed by atoms with E-state index in [1.54, 1.807) is 0 Å². The summed E-state index contributed by atoms with van der Waals surface area (Å²) in [6.45, 7) is 4.08. The van der Waals surface area contributed by atoms with Gasteiger partial charge in [-0.25, -0.2) is 0 Å². The highest BCUT2D eigenvalue weighted by Gasteiger charge is 2.28. The molecule has 4 unspecified atom stereocenters. The van der Waals surface area contributed by atoms with Crippen molar-refractivity contribution in [2.24, 2.45) is 0 Å². The number of rotatable bonds is 53. The summed E-state index contributed by atoms with van der Waals surface area (Å²) in [5.74, 6) is -0.590. The largest absolute Gasteiger partial charge is 0.394 e. The van der Waals surface area contributed by atoms with E-state index in [0.717, 1.165) is 38.5 Å². The molecule has 0 aliphatic rings. The van der Waals surface area contributed by atoms with Crippen molar-refractivity contribution < 1.29 is 25.2 Å². The van der Waals surface area contributed by atoms with Gasteiger partial charge in [0.1, 0.15) is 12.2 Å². The molecule has 0 rings (SSSR count).